The van der Waals surface area contributed by atoms with E-state index in [4.69, 9.17) is 0 Å². The van der Waals surface area contributed by atoms with Gasteiger partial charge in [0.15, 0.2) is 5.82 Å². The fourth-order valence-corrected chi connectivity index (χ4v) is 1.36. The lowest BCUT2D eigenvalue weighted by atomic mass is 10.3. The van der Waals surface area contributed by atoms with E-state index in [1.165, 1.54) is 6.07 Å². The van der Waals surface area contributed by atoms with Crippen LogP contribution >= 0.6 is 0 Å². The van der Waals surface area contributed by atoms with Crippen molar-refractivity contribution < 1.29 is 4.39 Å². The van der Waals surface area contributed by atoms with E-state index in [0.717, 1.165) is 24.8 Å². The molecular weight excluding hydrogens is 219 g/mol. The van der Waals surface area contributed by atoms with Crippen molar-refractivity contribution in [1.29, 1.82) is 0 Å². The first-order valence-corrected chi connectivity index (χ1v) is 5.43. The lowest BCUT2D eigenvalue weighted by molar-refractivity contribution is 0.621. The Morgan fingerprint density at radius 3 is 2.47 bits per heavy atom. The molecule has 0 saturated heterocycles. The molecule has 4 nitrogen and oxygen atoms in total. The topological polar surface area (TPSA) is 50.7 Å². The molecule has 0 aliphatic heterocycles. The third-order valence-corrected chi connectivity index (χ3v) is 2.24. The highest BCUT2D eigenvalue weighted by atomic mass is 19.1. The van der Waals surface area contributed by atoms with E-state index >= 15 is 0 Å². The Morgan fingerprint density at radius 1 is 1.12 bits per heavy atom. The number of rotatable bonds is 4. The number of halogens is 1. The molecule has 0 bridgehead atoms. The molecule has 0 saturated carbocycles. The zero-order valence-electron chi connectivity index (χ0n) is 9.52. The molecule has 0 aliphatic rings. The molecule has 0 amide bonds. The molecule has 2 aromatic heterocycles. The monoisotopic (exact) mass is 232 g/mol. The summed E-state index contributed by atoms with van der Waals surface area (Å²) >= 11 is 0. The predicted molar refractivity (Wildman–Crippen MR) is 62.6 cm³/mol. The highest BCUT2D eigenvalue weighted by molar-refractivity contribution is 5.47. The maximum atomic E-state index is 12.7. The van der Waals surface area contributed by atoms with Gasteiger partial charge in [0.25, 0.3) is 0 Å². The summed E-state index contributed by atoms with van der Waals surface area (Å²) in [6, 6.07) is 2.91. The van der Waals surface area contributed by atoms with Gasteiger partial charge in [-0.15, -0.1) is 0 Å². The normalized spacial score (nSPS) is 10.5. The van der Waals surface area contributed by atoms with Gasteiger partial charge in [-0.1, -0.05) is 6.92 Å². The zero-order valence-corrected chi connectivity index (χ0v) is 9.52. The van der Waals surface area contributed by atoms with Crippen molar-refractivity contribution >= 4 is 0 Å². The van der Waals surface area contributed by atoms with Crippen LogP contribution in [0.5, 0.6) is 0 Å². The van der Waals surface area contributed by atoms with Gasteiger partial charge in [-0.25, -0.2) is 19.3 Å². The average Bonchev–Trinajstić information content (AvgIpc) is 2.38. The smallest absolute Gasteiger partial charge is 0.178 e. The Kier molecular flexibility index (Phi) is 3.72. The fraction of sp³-hybridized carbons (Fsp3) is 0.250. The summed E-state index contributed by atoms with van der Waals surface area (Å²) in [5, 5.41) is 3.19. The molecule has 2 aromatic rings. The van der Waals surface area contributed by atoms with Crippen LogP contribution in [0.4, 0.5) is 4.39 Å². The summed E-state index contributed by atoms with van der Waals surface area (Å²) in [7, 11) is 0. The minimum Gasteiger partial charge on any atom is -0.313 e. The number of hydrogen-bond acceptors (Lipinski definition) is 4. The third kappa shape index (κ3) is 3.04. The lowest BCUT2D eigenvalue weighted by Gasteiger charge is -2.02. The van der Waals surface area contributed by atoms with E-state index in [-0.39, 0.29) is 5.82 Å². The highest BCUT2D eigenvalue weighted by Gasteiger charge is 2.02. The van der Waals surface area contributed by atoms with Crippen LogP contribution in [-0.2, 0) is 6.54 Å². The first-order valence-electron chi connectivity index (χ1n) is 5.43. The van der Waals surface area contributed by atoms with Crippen molar-refractivity contribution in [2.45, 2.75) is 13.5 Å². The van der Waals surface area contributed by atoms with Crippen molar-refractivity contribution in [3.8, 4) is 11.5 Å². The van der Waals surface area contributed by atoms with E-state index in [1.54, 1.807) is 18.5 Å². The van der Waals surface area contributed by atoms with Crippen molar-refractivity contribution in [3.63, 3.8) is 0 Å². The second-order valence-corrected chi connectivity index (χ2v) is 3.56. The first-order chi connectivity index (χ1) is 8.29. The van der Waals surface area contributed by atoms with Crippen molar-refractivity contribution in [1.82, 2.24) is 20.3 Å². The average molecular weight is 232 g/mol. The molecule has 0 spiro atoms. The van der Waals surface area contributed by atoms with Gasteiger partial charge in [0.1, 0.15) is 11.5 Å². The molecule has 2 rings (SSSR count). The van der Waals surface area contributed by atoms with Gasteiger partial charge < -0.3 is 5.32 Å². The van der Waals surface area contributed by atoms with E-state index in [1.807, 2.05) is 6.92 Å². The predicted octanol–water partition coefficient (Wildman–Crippen LogP) is 1.79. The number of hydrogen-bond donors (Lipinski definition) is 1. The van der Waals surface area contributed by atoms with Crippen LogP contribution in [0.1, 0.15) is 12.5 Å². The molecule has 0 atom stereocenters. The summed E-state index contributed by atoms with van der Waals surface area (Å²) in [6.45, 7) is 3.69. The highest BCUT2D eigenvalue weighted by Crippen LogP contribution is 2.11. The molecule has 0 fully saturated rings. The van der Waals surface area contributed by atoms with Gasteiger partial charge in [-0.3, -0.25) is 0 Å². The van der Waals surface area contributed by atoms with Crippen LogP contribution in [0.2, 0.25) is 0 Å². The SMILES string of the molecule is CCNCc1cnc(-c2ccc(F)cn2)nc1. The number of nitrogens with one attached hydrogen (secondary N) is 1. The maximum absolute atomic E-state index is 12.7. The van der Waals surface area contributed by atoms with E-state index < -0.39 is 0 Å². The van der Waals surface area contributed by atoms with E-state index in [9.17, 15) is 4.39 Å². The van der Waals surface area contributed by atoms with Gasteiger partial charge in [-0.05, 0) is 18.7 Å². The second-order valence-electron chi connectivity index (χ2n) is 3.56. The van der Waals surface area contributed by atoms with E-state index in [2.05, 4.69) is 20.3 Å². The Labute approximate surface area is 99.0 Å². The van der Waals surface area contributed by atoms with Gasteiger partial charge in [-0.2, -0.15) is 0 Å². The number of nitrogens with zero attached hydrogens (tertiary/aromatic N) is 3. The maximum Gasteiger partial charge on any atom is 0.178 e. The van der Waals surface area contributed by atoms with Gasteiger partial charge in [0.05, 0.1) is 6.20 Å². The van der Waals surface area contributed by atoms with Gasteiger partial charge in [0, 0.05) is 24.5 Å². The fourth-order valence-electron chi connectivity index (χ4n) is 1.36. The Hall–Kier alpha value is -1.88. The molecule has 1 N–H and O–H groups in total. The molecule has 0 aromatic carbocycles. The quantitative estimate of drug-likeness (QED) is 0.873. The number of pyridine rings is 1. The number of aromatic nitrogens is 3. The van der Waals surface area contributed by atoms with Crippen LogP contribution in [0, 0.1) is 5.82 Å². The lowest BCUT2D eigenvalue weighted by Crippen LogP contribution is -2.12. The van der Waals surface area contributed by atoms with Crippen LogP contribution in [-0.4, -0.2) is 21.5 Å². The molecule has 88 valence electrons. The Balaban J connectivity index is 2.14. The van der Waals surface area contributed by atoms with Crippen LogP contribution in [0.15, 0.2) is 30.7 Å². The molecule has 0 aliphatic carbocycles. The van der Waals surface area contributed by atoms with Crippen LogP contribution in [0.3, 0.4) is 0 Å². The molecular formula is C12H13FN4. The molecule has 17 heavy (non-hydrogen) atoms. The molecule has 2 heterocycles. The summed E-state index contributed by atoms with van der Waals surface area (Å²) < 4.78 is 12.7. The van der Waals surface area contributed by atoms with Crippen molar-refractivity contribution in [3.05, 3.63) is 42.1 Å². The summed E-state index contributed by atoms with van der Waals surface area (Å²) in [5.74, 6) is 0.141. The summed E-state index contributed by atoms with van der Waals surface area (Å²) in [6.07, 6.45) is 4.65. The molecule has 0 unspecified atom stereocenters. The summed E-state index contributed by atoms with van der Waals surface area (Å²) in [5.41, 5.74) is 1.58. The van der Waals surface area contributed by atoms with Crippen LogP contribution in [0.25, 0.3) is 11.5 Å². The standard InChI is InChI=1S/C12H13FN4/c1-2-14-5-9-6-16-12(17-7-9)11-4-3-10(13)8-15-11/h3-4,6-8,14H,2,5H2,1H3. The third-order valence-electron chi connectivity index (χ3n) is 2.24. The molecule has 0 radical (unpaired) electrons. The van der Waals surface area contributed by atoms with Crippen LogP contribution < -0.4 is 5.32 Å². The van der Waals surface area contributed by atoms with Gasteiger partial charge in [0.2, 0.25) is 0 Å². The second kappa shape index (κ2) is 5.45. The Morgan fingerprint density at radius 2 is 1.88 bits per heavy atom. The zero-order chi connectivity index (χ0) is 12.1. The Bertz CT molecular complexity index is 467. The first kappa shape index (κ1) is 11.6. The van der Waals surface area contributed by atoms with Gasteiger partial charge >= 0.3 is 0 Å². The minimum absolute atomic E-state index is 0.363. The van der Waals surface area contributed by atoms with Crippen molar-refractivity contribution in [2.75, 3.05) is 6.54 Å². The minimum atomic E-state index is -0.363. The summed E-state index contributed by atoms with van der Waals surface area (Å²) in [4.78, 5) is 12.3. The van der Waals surface area contributed by atoms with Crippen molar-refractivity contribution in [2.24, 2.45) is 0 Å². The molecule has 5 heteroatoms. The van der Waals surface area contributed by atoms with E-state index in [0.29, 0.717) is 11.5 Å². The largest absolute Gasteiger partial charge is 0.313 e.